The summed E-state index contributed by atoms with van der Waals surface area (Å²) in [5, 5.41) is 0. The summed E-state index contributed by atoms with van der Waals surface area (Å²) in [5.41, 5.74) is 0.805. The van der Waals surface area contributed by atoms with E-state index in [1.807, 2.05) is 0 Å². The largest absolute Gasteiger partial charge is 0.796 e. The highest BCUT2D eigenvalue weighted by Crippen LogP contribution is 2.22. The fourth-order valence-electron chi connectivity index (χ4n) is 4.29. The molecule has 37 heavy (non-hydrogen) atoms. The fourth-order valence-corrected chi connectivity index (χ4v) is 4.29. The molecule has 0 fully saturated rings. The zero-order valence-electron chi connectivity index (χ0n) is 22.4. The van der Waals surface area contributed by atoms with Crippen molar-refractivity contribution in [2.45, 2.75) is 96.8 Å². The van der Waals surface area contributed by atoms with Crippen molar-refractivity contribution in [1.82, 2.24) is 0 Å². The van der Waals surface area contributed by atoms with Gasteiger partial charge in [-0.15, -0.1) is 0 Å². The van der Waals surface area contributed by atoms with Gasteiger partial charge in [-0.3, -0.25) is 4.79 Å². The number of hydrogen-bond acceptors (Lipinski definition) is 3. The van der Waals surface area contributed by atoms with Crippen molar-refractivity contribution in [1.29, 1.82) is 0 Å². The Bertz CT molecular complexity index is 885. The summed E-state index contributed by atoms with van der Waals surface area (Å²) < 4.78 is 36.3. The monoisotopic (exact) mass is 512 g/mol. The number of benzene rings is 2. The molecule has 0 atom stereocenters. The average molecular weight is 512 g/mol. The van der Waals surface area contributed by atoms with Gasteiger partial charge in [0.15, 0.2) is 5.78 Å². The maximum absolute atomic E-state index is 12.9. The molecule has 0 saturated carbocycles. The molecular formula is C31H43BF2O3. The van der Waals surface area contributed by atoms with E-state index in [4.69, 9.17) is 4.74 Å². The SMILES string of the molecule is CCCCCCCCCCCCCCCCOc1ccc(/C(=C/C(=O)c2ccccc2)OB(F)F)cc1. The van der Waals surface area contributed by atoms with Gasteiger partial charge in [-0.1, -0.05) is 121 Å². The fraction of sp³-hybridized carbons (Fsp3) is 0.516. The normalized spacial score (nSPS) is 11.4. The van der Waals surface area contributed by atoms with Crippen LogP contribution in [0.2, 0.25) is 0 Å². The predicted octanol–water partition coefficient (Wildman–Crippen LogP) is 9.71. The second-order valence-electron chi connectivity index (χ2n) is 9.59. The van der Waals surface area contributed by atoms with Gasteiger partial charge in [0.05, 0.1) is 6.61 Å². The zero-order valence-corrected chi connectivity index (χ0v) is 22.4. The minimum Gasteiger partial charge on any atom is -0.505 e. The van der Waals surface area contributed by atoms with Crippen molar-refractivity contribution >= 4 is 19.0 Å². The van der Waals surface area contributed by atoms with Crippen LogP contribution in [0.4, 0.5) is 8.63 Å². The molecule has 0 saturated heterocycles. The highest BCUT2D eigenvalue weighted by Gasteiger charge is 2.21. The van der Waals surface area contributed by atoms with Crippen LogP contribution in [0.25, 0.3) is 5.76 Å². The van der Waals surface area contributed by atoms with Crippen LogP contribution in [0.15, 0.2) is 60.7 Å². The molecule has 3 nitrogen and oxygen atoms in total. The van der Waals surface area contributed by atoms with Crippen LogP contribution in [0.1, 0.15) is 113 Å². The van der Waals surface area contributed by atoms with Gasteiger partial charge in [-0.2, -0.15) is 0 Å². The topological polar surface area (TPSA) is 35.5 Å². The second kappa shape index (κ2) is 19.5. The standard InChI is InChI=1S/C31H43BF2O3/c1-2-3-4-5-6-7-8-9-10-11-12-13-14-18-25-36-29-23-21-28(22-24-29)31(37-32(33)34)26-30(35)27-19-16-15-17-20-27/h15-17,19-24,26H,2-14,18,25H2,1H3/b31-26-. The molecular weight excluding hydrogens is 469 g/mol. The first-order valence-corrected chi connectivity index (χ1v) is 14.1. The number of halogens is 2. The molecule has 202 valence electrons. The Balaban J connectivity index is 1.61. The van der Waals surface area contributed by atoms with E-state index in [0.29, 0.717) is 23.5 Å². The Morgan fingerprint density at radius 3 is 1.73 bits per heavy atom. The molecule has 0 unspecified atom stereocenters. The van der Waals surface area contributed by atoms with Crippen LogP contribution < -0.4 is 4.74 Å². The van der Waals surface area contributed by atoms with Crippen molar-refractivity contribution in [2.75, 3.05) is 6.61 Å². The Morgan fingerprint density at radius 2 is 1.22 bits per heavy atom. The number of ketones is 1. The van der Waals surface area contributed by atoms with Crippen molar-refractivity contribution < 1.29 is 22.8 Å². The van der Waals surface area contributed by atoms with E-state index in [0.717, 1.165) is 18.9 Å². The summed E-state index contributed by atoms with van der Waals surface area (Å²) >= 11 is 0. The van der Waals surface area contributed by atoms with Crippen LogP contribution >= 0.6 is 0 Å². The highest BCUT2D eigenvalue weighted by molar-refractivity contribution is 6.36. The van der Waals surface area contributed by atoms with E-state index in [9.17, 15) is 13.4 Å². The van der Waals surface area contributed by atoms with Gasteiger partial charge in [0.2, 0.25) is 0 Å². The molecule has 0 spiro atoms. The molecule has 0 bridgehead atoms. The first-order chi connectivity index (χ1) is 18.1. The van der Waals surface area contributed by atoms with Crippen LogP contribution in [-0.2, 0) is 4.65 Å². The van der Waals surface area contributed by atoms with Gasteiger partial charge in [0, 0.05) is 17.2 Å². The van der Waals surface area contributed by atoms with Crippen LogP contribution in [0, 0.1) is 0 Å². The zero-order chi connectivity index (χ0) is 26.6. The van der Waals surface area contributed by atoms with Crippen molar-refractivity contribution in [3.8, 4) is 5.75 Å². The lowest BCUT2D eigenvalue weighted by atomic mass is 10.0. The van der Waals surface area contributed by atoms with Gasteiger partial charge in [-0.25, -0.2) is 8.63 Å². The summed E-state index contributed by atoms with van der Waals surface area (Å²) in [6.45, 7) is 2.89. The lowest BCUT2D eigenvalue weighted by Crippen LogP contribution is -2.06. The molecule has 0 aliphatic heterocycles. The summed E-state index contributed by atoms with van der Waals surface area (Å²) in [6.07, 6.45) is 19.5. The molecule has 0 heterocycles. The predicted molar refractivity (Wildman–Crippen MR) is 150 cm³/mol. The first-order valence-electron chi connectivity index (χ1n) is 14.1. The number of rotatable bonds is 21. The van der Waals surface area contributed by atoms with Gasteiger partial charge in [-0.05, 0) is 30.7 Å². The van der Waals surface area contributed by atoms with Crippen LogP contribution in [-0.4, -0.2) is 19.9 Å². The minimum atomic E-state index is -3.02. The van der Waals surface area contributed by atoms with Crippen molar-refractivity contribution in [3.63, 3.8) is 0 Å². The third-order valence-corrected chi connectivity index (χ3v) is 6.44. The van der Waals surface area contributed by atoms with Crippen molar-refractivity contribution in [3.05, 3.63) is 71.8 Å². The molecule has 0 radical (unpaired) electrons. The third-order valence-electron chi connectivity index (χ3n) is 6.44. The van der Waals surface area contributed by atoms with Crippen LogP contribution in [0.3, 0.4) is 0 Å². The molecule has 0 aromatic heterocycles. The maximum Gasteiger partial charge on any atom is 0.796 e. The molecule has 0 N–H and O–H groups in total. The first kappa shape index (κ1) is 30.6. The molecule has 2 aromatic carbocycles. The van der Waals surface area contributed by atoms with Gasteiger partial charge in [0.1, 0.15) is 11.5 Å². The molecule has 0 amide bonds. The third kappa shape index (κ3) is 14.0. The highest BCUT2D eigenvalue weighted by atomic mass is 19.2. The van der Waals surface area contributed by atoms with Gasteiger partial charge >= 0.3 is 7.47 Å². The number of carbonyl (C=O) groups excluding carboxylic acids is 1. The summed E-state index contributed by atoms with van der Waals surface area (Å²) in [7, 11) is -3.02. The van der Waals surface area contributed by atoms with E-state index in [2.05, 4.69) is 11.6 Å². The van der Waals surface area contributed by atoms with E-state index < -0.39 is 13.3 Å². The van der Waals surface area contributed by atoms with Gasteiger partial charge < -0.3 is 9.39 Å². The van der Waals surface area contributed by atoms with E-state index in [1.54, 1.807) is 54.6 Å². The number of carbonyl (C=O) groups is 1. The number of hydrogen-bond donors (Lipinski definition) is 0. The summed E-state index contributed by atoms with van der Waals surface area (Å²) in [5.74, 6) is 0.112. The Morgan fingerprint density at radius 1 is 0.703 bits per heavy atom. The molecule has 2 aromatic rings. The number of unbranched alkanes of at least 4 members (excludes halogenated alkanes) is 13. The van der Waals surface area contributed by atoms with Crippen LogP contribution in [0.5, 0.6) is 5.75 Å². The Hall–Kier alpha value is -2.63. The lowest BCUT2D eigenvalue weighted by Gasteiger charge is -2.11. The number of allylic oxidation sites excluding steroid dienone is 1. The summed E-state index contributed by atoms with van der Waals surface area (Å²) in [4.78, 5) is 12.4. The Labute approximate surface area is 222 Å². The van der Waals surface area contributed by atoms with E-state index >= 15 is 0 Å². The smallest absolute Gasteiger partial charge is 0.505 e. The molecule has 0 aliphatic carbocycles. The lowest BCUT2D eigenvalue weighted by molar-refractivity contribution is 0.104. The van der Waals surface area contributed by atoms with E-state index in [1.165, 1.54) is 77.0 Å². The Kier molecular flexibility index (Phi) is 16.1. The quantitative estimate of drug-likeness (QED) is 0.0549. The van der Waals surface area contributed by atoms with E-state index in [-0.39, 0.29) is 5.76 Å². The minimum absolute atomic E-state index is 0.164. The molecule has 2 rings (SSSR count). The average Bonchev–Trinajstić information content (AvgIpc) is 2.91. The number of ether oxygens (including phenoxy) is 1. The molecule has 6 heteroatoms. The van der Waals surface area contributed by atoms with Gasteiger partial charge in [0.25, 0.3) is 0 Å². The summed E-state index contributed by atoms with van der Waals surface area (Å²) in [6, 6.07) is 15.2. The second-order valence-corrected chi connectivity index (χ2v) is 9.59. The van der Waals surface area contributed by atoms with Crippen molar-refractivity contribution in [2.24, 2.45) is 0 Å². The molecule has 0 aliphatic rings. The maximum atomic E-state index is 12.9.